The van der Waals surface area contributed by atoms with Crippen LogP contribution in [0.1, 0.15) is 28.9 Å². The summed E-state index contributed by atoms with van der Waals surface area (Å²) in [7, 11) is 1.52. The van der Waals surface area contributed by atoms with Gasteiger partial charge in [0.1, 0.15) is 16.7 Å². The van der Waals surface area contributed by atoms with Crippen LogP contribution in [0.5, 0.6) is 5.75 Å². The van der Waals surface area contributed by atoms with Gasteiger partial charge < -0.3 is 14.7 Å². The number of carbonyl (C=O) groups is 2. The smallest absolute Gasteiger partial charge is 0.326 e. The lowest BCUT2D eigenvalue weighted by atomic mass is 9.94. The number of likely N-dealkylation sites (tertiary alicyclic amines) is 1. The molecule has 1 N–H and O–H groups in total. The summed E-state index contributed by atoms with van der Waals surface area (Å²) >= 11 is 1.30. The van der Waals surface area contributed by atoms with E-state index >= 15 is 0 Å². The Kier molecular flexibility index (Phi) is 3.41. The van der Waals surface area contributed by atoms with Gasteiger partial charge in [-0.1, -0.05) is 6.42 Å². The van der Waals surface area contributed by atoms with Crippen molar-refractivity contribution in [1.29, 1.82) is 0 Å². The van der Waals surface area contributed by atoms with E-state index in [0.29, 0.717) is 23.1 Å². The summed E-state index contributed by atoms with van der Waals surface area (Å²) < 4.78 is 5.17. The zero-order valence-electron chi connectivity index (χ0n) is 11.2. The lowest BCUT2D eigenvalue weighted by molar-refractivity contribution is -0.142. The van der Waals surface area contributed by atoms with E-state index < -0.39 is 12.0 Å². The highest BCUT2D eigenvalue weighted by molar-refractivity contribution is 7.12. The molecular formula is C14H17NO4S. The summed E-state index contributed by atoms with van der Waals surface area (Å²) in [5.41, 5.74) is 0. The molecule has 1 aromatic heterocycles. The van der Waals surface area contributed by atoms with Crippen LogP contribution >= 0.6 is 11.3 Å². The zero-order valence-corrected chi connectivity index (χ0v) is 12.1. The normalized spacial score (nSPS) is 28.4. The molecule has 20 heavy (non-hydrogen) atoms. The minimum Gasteiger partial charge on any atom is -0.495 e. The summed E-state index contributed by atoms with van der Waals surface area (Å²) in [4.78, 5) is 26.2. The van der Waals surface area contributed by atoms with E-state index in [1.807, 2.05) is 0 Å². The maximum atomic E-state index is 12.6. The van der Waals surface area contributed by atoms with Crippen molar-refractivity contribution in [3.05, 3.63) is 16.3 Å². The molecule has 2 fully saturated rings. The van der Waals surface area contributed by atoms with Gasteiger partial charge in [-0.2, -0.15) is 0 Å². The molecule has 1 aromatic rings. The molecule has 1 amide bonds. The molecule has 0 spiro atoms. The molecule has 1 aliphatic carbocycles. The quantitative estimate of drug-likeness (QED) is 0.927. The Balaban J connectivity index is 1.89. The molecule has 5 nitrogen and oxygen atoms in total. The molecule has 3 rings (SSSR count). The van der Waals surface area contributed by atoms with Crippen molar-refractivity contribution >= 4 is 23.2 Å². The molecule has 1 saturated heterocycles. The Labute approximate surface area is 121 Å². The number of hydrogen-bond acceptors (Lipinski definition) is 4. The summed E-state index contributed by atoms with van der Waals surface area (Å²) in [6.45, 7) is 0.557. The van der Waals surface area contributed by atoms with Crippen molar-refractivity contribution < 1.29 is 19.4 Å². The van der Waals surface area contributed by atoms with Gasteiger partial charge in [0.05, 0.1) is 7.11 Å². The molecule has 6 heteroatoms. The summed E-state index contributed by atoms with van der Waals surface area (Å²) in [6, 6.07) is 1.06. The number of ether oxygens (including phenoxy) is 1. The van der Waals surface area contributed by atoms with Crippen molar-refractivity contribution in [2.45, 2.75) is 25.3 Å². The first-order valence-corrected chi connectivity index (χ1v) is 7.66. The first-order chi connectivity index (χ1) is 9.63. The molecular weight excluding hydrogens is 278 g/mol. The number of carboxylic acid groups (broad SMARTS) is 1. The first-order valence-electron chi connectivity index (χ1n) is 6.78. The number of methoxy groups -OCH3 is 1. The SMILES string of the molecule is COc1ccsc1C(=O)N1CC2CCCC2C1C(=O)O. The Hall–Kier alpha value is -1.56. The number of thiophene rings is 1. The number of fused-ring (bicyclic) bond motifs is 1. The molecule has 3 unspecified atom stereocenters. The Bertz CT molecular complexity index is 541. The molecule has 2 aliphatic rings. The van der Waals surface area contributed by atoms with Gasteiger partial charge in [0.25, 0.3) is 5.91 Å². The van der Waals surface area contributed by atoms with Crippen LogP contribution in [0, 0.1) is 11.8 Å². The molecule has 1 saturated carbocycles. The average Bonchev–Trinajstić information content (AvgIpc) is 3.11. The third-order valence-electron chi connectivity index (χ3n) is 4.45. The largest absolute Gasteiger partial charge is 0.495 e. The number of carbonyl (C=O) groups excluding carboxylic acids is 1. The number of hydrogen-bond donors (Lipinski definition) is 1. The van der Waals surface area contributed by atoms with Crippen molar-refractivity contribution in [3.63, 3.8) is 0 Å². The lowest BCUT2D eigenvalue weighted by Crippen LogP contribution is -2.43. The van der Waals surface area contributed by atoms with E-state index in [1.165, 1.54) is 23.3 Å². The topological polar surface area (TPSA) is 66.8 Å². The Morgan fingerprint density at radius 2 is 2.25 bits per heavy atom. The third kappa shape index (κ3) is 1.98. The van der Waals surface area contributed by atoms with E-state index in [-0.39, 0.29) is 11.8 Å². The van der Waals surface area contributed by atoms with Crippen molar-refractivity contribution in [1.82, 2.24) is 4.90 Å². The molecule has 0 bridgehead atoms. The monoisotopic (exact) mass is 295 g/mol. The Morgan fingerprint density at radius 3 is 2.95 bits per heavy atom. The summed E-state index contributed by atoms with van der Waals surface area (Å²) in [5, 5.41) is 11.3. The van der Waals surface area contributed by atoms with Gasteiger partial charge in [-0.05, 0) is 36.1 Å². The van der Waals surface area contributed by atoms with E-state index in [1.54, 1.807) is 11.4 Å². The Morgan fingerprint density at radius 1 is 1.45 bits per heavy atom. The van der Waals surface area contributed by atoms with E-state index in [0.717, 1.165) is 19.3 Å². The van der Waals surface area contributed by atoms with Gasteiger partial charge in [-0.3, -0.25) is 4.79 Å². The number of carboxylic acids is 1. The third-order valence-corrected chi connectivity index (χ3v) is 5.33. The predicted molar refractivity (Wildman–Crippen MR) is 74.2 cm³/mol. The second kappa shape index (κ2) is 5.09. The number of nitrogens with zero attached hydrogens (tertiary/aromatic N) is 1. The molecule has 0 aromatic carbocycles. The van der Waals surface area contributed by atoms with E-state index in [2.05, 4.69) is 0 Å². The lowest BCUT2D eigenvalue weighted by Gasteiger charge is -2.24. The predicted octanol–water partition coefficient (Wildman–Crippen LogP) is 2.08. The fourth-order valence-corrected chi connectivity index (χ4v) is 4.39. The number of amides is 1. The minimum absolute atomic E-state index is 0.113. The van der Waals surface area contributed by atoms with Crippen LogP contribution < -0.4 is 4.74 Å². The second-order valence-electron chi connectivity index (χ2n) is 5.41. The van der Waals surface area contributed by atoms with Crippen LogP contribution in [0.15, 0.2) is 11.4 Å². The second-order valence-corrected chi connectivity index (χ2v) is 6.33. The van der Waals surface area contributed by atoms with Crippen molar-refractivity contribution in [2.75, 3.05) is 13.7 Å². The van der Waals surface area contributed by atoms with Crippen LogP contribution in [0.25, 0.3) is 0 Å². The molecule has 1 aliphatic heterocycles. The van der Waals surface area contributed by atoms with Crippen LogP contribution in [0.2, 0.25) is 0 Å². The maximum Gasteiger partial charge on any atom is 0.326 e. The van der Waals surface area contributed by atoms with Gasteiger partial charge in [-0.15, -0.1) is 11.3 Å². The highest BCUT2D eigenvalue weighted by Crippen LogP contribution is 2.43. The molecule has 3 atom stereocenters. The van der Waals surface area contributed by atoms with E-state index in [9.17, 15) is 14.7 Å². The van der Waals surface area contributed by atoms with Gasteiger partial charge in [0.15, 0.2) is 0 Å². The van der Waals surface area contributed by atoms with Crippen LogP contribution in [0.4, 0.5) is 0 Å². The van der Waals surface area contributed by atoms with Crippen molar-refractivity contribution in [2.24, 2.45) is 11.8 Å². The van der Waals surface area contributed by atoms with Crippen LogP contribution in [-0.2, 0) is 4.79 Å². The van der Waals surface area contributed by atoms with Gasteiger partial charge in [0, 0.05) is 6.54 Å². The van der Waals surface area contributed by atoms with Gasteiger partial charge >= 0.3 is 5.97 Å². The minimum atomic E-state index is -0.886. The fourth-order valence-electron chi connectivity index (χ4n) is 3.58. The molecule has 108 valence electrons. The summed E-state index contributed by atoms with van der Waals surface area (Å²) in [6.07, 6.45) is 3.01. The molecule has 0 radical (unpaired) electrons. The van der Waals surface area contributed by atoms with Crippen LogP contribution in [-0.4, -0.2) is 41.6 Å². The number of rotatable bonds is 3. The zero-order chi connectivity index (χ0) is 14.3. The van der Waals surface area contributed by atoms with E-state index in [4.69, 9.17) is 4.74 Å². The number of aliphatic carboxylic acids is 1. The highest BCUT2D eigenvalue weighted by atomic mass is 32.1. The highest BCUT2D eigenvalue weighted by Gasteiger charge is 2.50. The maximum absolute atomic E-state index is 12.6. The fraction of sp³-hybridized carbons (Fsp3) is 0.571. The van der Waals surface area contributed by atoms with Gasteiger partial charge in [-0.25, -0.2) is 4.79 Å². The van der Waals surface area contributed by atoms with Crippen molar-refractivity contribution in [3.8, 4) is 5.75 Å². The average molecular weight is 295 g/mol. The van der Waals surface area contributed by atoms with Crippen LogP contribution in [0.3, 0.4) is 0 Å². The summed E-state index contributed by atoms with van der Waals surface area (Å²) in [5.74, 6) is -0.114. The standard InChI is InChI=1S/C14H17NO4S/c1-19-10-5-6-20-12(10)13(16)15-7-8-3-2-4-9(8)11(15)14(17)18/h5-6,8-9,11H,2-4,7H2,1H3,(H,17,18). The first kappa shape index (κ1) is 13.4. The van der Waals surface area contributed by atoms with Gasteiger partial charge in [0.2, 0.25) is 0 Å². The molecule has 2 heterocycles.